The van der Waals surface area contributed by atoms with Gasteiger partial charge in [-0.25, -0.2) is 8.42 Å². The zero-order valence-electron chi connectivity index (χ0n) is 16.2. The molecule has 0 bridgehead atoms. The Kier molecular flexibility index (Phi) is 6.60. The van der Waals surface area contributed by atoms with Crippen LogP contribution in [0.1, 0.15) is 29.9 Å². The Morgan fingerprint density at radius 1 is 1.41 bits per heavy atom. The maximum atomic E-state index is 12.8. The number of nitrogens with two attached hydrogens (primary N) is 1. The molecule has 29 heavy (non-hydrogen) atoms. The summed E-state index contributed by atoms with van der Waals surface area (Å²) in [4.78, 5) is 40.8. The Balaban J connectivity index is 0.00000300. The van der Waals surface area contributed by atoms with Gasteiger partial charge in [0.25, 0.3) is 11.8 Å². The van der Waals surface area contributed by atoms with Crippen LogP contribution in [0.5, 0.6) is 0 Å². The van der Waals surface area contributed by atoms with E-state index in [1.165, 1.54) is 38.3 Å². The first kappa shape index (κ1) is 23.5. The van der Waals surface area contributed by atoms with Gasteiger partial charge in [0, 0.05) is 24.8 Å². The van der Waals surface area contributed by atoms with Crippen LogP contribution in [0.2, 0.25) is 0 Å². The zero-order chi connectivity index (χ0) is 20.9. The Morgan fingerprint density at radius 3 is 2.66 bits per heavy atom. The standard InChI is InChI=1S/C17H20N4O6S.Na/c1-17(2)12(16(24)25)21-14(23)11(15(21)28(17,26)27)8-10-7-9(3-5-19-10)13(22)20-6-4-18;/h3,5,7-8,12,15H,4,6,18H2,1-2H3,(H,20,22)(H,24,25);/q;+1/p-1/b11-8-;/t12-,15+;/m0./s1. The number of carboxylic acids is 1. The molecule has 1 aromatic rings. The van der Waals surface area contributed by atoms with Gasteiger partial charge in [-0.1, -0.05) is 0 Å². The molecule has 150 valence electrons. The van der Waals surface area contributed by atoms with E-state index in [0.717, 1.165) is 4.90 Å². The summed E-state index contributed by atoms with van der Waals surface area (Å²) in [6.45, 7) is 3.07. The molecule has 3 N–H and O–H groups in total. The van der Waals surface area contributed by atoms with Crippen molar-refractivity contribution in [1.29, 1.82) is 0 Å². The summed E-state index contributed by atoms with van der Waals surface area (Å²) in [6, 6.07) is 1.29. The molecule has 10 nitrogen and oxygen atoms in total. The normalized spacial score (nSPS) is 25.0. The number of carbonyl (C=O) groups excluding carboxylic acids is 3. The SMILES string of the molecule is CC1(C)[C@H](C(=O)[O-])N2C(=O)/C(=C/c3cc(C(=O)NCCN)ccn3)[C@H]2S1(=O)=O.[Na+]. The number of carboxylic acid groups (broad SMARTS) is 1. The number of pyridine rings is 1. The quantitative estimate of drug-likeness (QED) is 0.266. The van der Waals surface area contributed by atoms with E-state index >= 15 is 0 Å². The second kappa shape index (κ2) is 8.15. The number of aliphatic carboxylic acids is 1. The summed E-state index contributed by atoms with van der Waals surface area (Å²) in [5.41, 5.74) is 5.71. The predicted octanol–water partition coefficient (Wildman–Crippen LogP) is -5.35. The number of nitrogens with one attached hydrogen (secondary N) is 1. The summed E-state index contributed by atoms with van der Waals surface area (Å²) in [5.74, 6) is -2.73. The van der Waals surface area contributed by atoms with Crippen LogP contribution in [0.4, 0.5) is 0 Å². The van der Waals surface area contributed by atoms with E-state index in [1.54, 1.807) is 0 Å². The maximum Gasteiger partial charge on any atom is 1.00 e. The van der Waals surface area contributed by atoms with Gasteiger partial charge in [-0.05, 0) is 32.1 Å². The molecule has 1 aromatic heterocycles. The van der Waals surface area contributed by atoms with Crippen LogP contribution in [-0.2, 0) is 19.4 Å². The second-order valence-corrected chi connectivity index (χ2v) is 9.64. The summed E-state index contributed by atoms with van der Waals surface area (Å²) < 4.78 is 23.9. The monoisotopic (exact) mass is 430 g/mol. The van der Waals surface area contributed by atoms with Crippen molar-refractivity contribution in [3.63, 3.8) is 0 Å². The average Bonchev–Trinajstić information content (AvgIpc) is 2.78. The summed E-state index contributed by atoms with van der Waals surface area (Å²) in [7, 11) is -4.01. The van der Waals surface area contributed by atoms with E-state index in [2.05, 4.69) is 10.3 Å². The first-order chi connectivity index (χ1) is 13.0. The first-order valence-electron chi connectivity index (χ1n) is 8.47. The predicted molar refractivity (Wildman–Crippen MR) is 96.0 cm³/mol. The third-order valence-electron chi connectivity index (χ3n) is 4.96. The van der Waals surface area contributed by atoms with Crippen molar-refractivity contribution in [2.45, 2.75) is 30.0 Å². The van der Waals surface area contributed by atoms with Crippen molar-refractivity contribution in [2.75, 3.05) is 13.1 Å². The number of sulfone groups is 1. The van der Waals surface area contributed by atoms with Crippen LogP contribution >= 0.6 is 0 Å². The van der Waals surface area contributed by atoms with E-state index in [1.807, 2.05) is 0 Å². The Hall–Kier alpha value is -1.79. The molecule has 0 aliphatic carbocycles. The van der Waals surface area contributed by atoms with Gasteiger partial charge < -0.3 is 25.9 Å². The molecule has 0 unspecified atom stereocenters. The van der Waals surface area contributed by atoms with Crippen LogP contribution < -0.4 is 45.7 Å². The molecule has 0 radical (unpaired) electrons. The van der Waals surface area contributed by atoms with Crippen LogP contribution in [0.25, 0.3) is 6.08 Å². The molecular formula is C17H19N4NaO6S. The number of carbonyl (C=O) groups is 3. The first-order valence-corrected chi connectivity index (χ1v) is 10.0. The second-order valence-electron chi connectivity index (χ2n) is 7.05. The van der Waals surface area contributed by atoms with Crippen molar-refractivity contribution < 1.29 is 57.5 Å². The van der Waals surface area contributed by atoms with Gasteiger partial charge in [0.2, 0.25) is 0 Å². The van der Waals surface area contributed by atoms with Gasteiger partial charge >= 0.3 is 29.6 Å². The van der Waals surface area contributed by atoms with Crippen LogP contribution in [0, 0.1) is 0 Å². The van der Waals surface area contributed by atoms with Crippen LogP contribution in [0.3, 0.4) is 0 Å². The Labute approximate surface area is 189 Å². The summed E-state index contributed by atoms with van der Waals surface area (Å²) in [5, 5.41) is 12.7. The van der Waals surface area contributed by atoms with E-state index < -0.39 is 37.9 Å². The molecule has 0 aromatic carbocycles. The van der Waals surface area contributed by atoms with Crippen LogP contribution in [0.15, 0.2) is 23.9 Å². The molecule has 2 fully saturated rings. The van der Waals surface area contributed by atoms with Crippen molar-refractivity contribution in [3.8, 4) is 0 Å². The van der Waals surface area contributed by atoms with Gasteiger partial charge in [0.05, 0.1) is 28.0 Å². The molecular weight excluding hydrogens is 411 g/mol. The molecule has 3 heterocycles. The van der Waals surface area contributed by atoms with E-state index in [9.17, 15) is 27.9 Å². The number of rotatable bonds is 5. The van der Waals surface area contributed by atoms with Gasteiger partial charge in [0.1, 0.15) is 0 Å². The number of hydrogen-bond acceptors (Lipinski definition) is 8. The number of fused-ring (bicyclic) bond motifs is 1. The van der Waals surface area contributed by atoms with Crippen molar-refractivity contribution >= 4 is 33.7 Å². The number of aromatic nitrogens is 1. The van der Waals surface area contributed by atoms with Crippen LogP contribution in [-0.4, -0.2) is 65.3 Å². The molecule has 12 heteroatoms. The average molecular weight is 430 g/mol. The molecule has 0 spiro atoms. The Morgan fingerprint density at radius 2 is 2.07 bits per heavy atom. The minimum atomic E-state index is -4.01. The fourth-order valence-corrected chi connectivity index (χ4v) is 5.55. The minimum Gasteiger partial charge on any atom is -0.548 e. The Bertz CT molecular complexity index is 1010. The molecule has 3 rings (SSSR count). The number of β-lactam (4-membered cyclic amide) rings is 1. The number of hydrogen-bond donors (Lipinski definition) is 2. The molecule has 2 aliphatic heterocycles. The van der Waals surface area contributed by atoms with Gasteiger partial charge in [-0.3, -0.25) is 14.6 Å². The van der Waals surface area contributed by atoms with Gasteiger partial charge in [-0.2, -0.15) is 0 Å². The third-order valence-corrected chi connectivity index (χ3v) is 7.72. The number of nitrogens with zero attached hydrogens (tertiary/aromatic N) is 2. The zero-order valence-corrected chi connectivity index (χ0v) is 19.0. The van der Waals surface area contributed by atoms with Gasteiger partial charge in [-0.15, -0.1) is 0 Å². The smallest absolute Gasteiger partial charge is 0.548 e. The molecule has 2 saturated heterocycles. The van der Waals surface area contributed by atoms with E-state index in [0.29, 0.717) is 0 Å². The maximum absolute atomic E-state index is 12.8. The van der Waals surface area contributed by atoms with E-state index in [4.69, 9.17) is 5.73 Å². The largest absolute Gasteiger partial charge is 1.00 e. The fraction of sp³-hybridized carbons (Fsp3) is 0.412. The van der Waals surface area contributed by atoms with Crippen molar-refractivity contribution in [3.05, 3.63) is 35.2 Å². The number of amides is 2. The summed E-state index contributed by atoms with van der Waals surface area (Å²) >= 11 is 0. The van der Waals surface area contributed by atoms with E-state index in [-0.39, 0.29) is 65.4 Å². The summed E-state index contributed by atoms with van der Waals surface area (Å²) in [6.07, 6.45) is 2.61. The van der Waals surface area contributed by atoms with Crippen molar-refractivity contribution in [1.82, 2.24) is 15.2 Å². The van der Waals surface area contributed by atoms with Gasteiger partial charge in [0.15, 0.2) is 15.2 Å². The molecule has 2 amide bonds. The fourth-order valence-electron chi connectivity index (χ4n) is 3.44. The van der Waals surface area contributed by atoms with Crippen molar-refractivity contribution in [2.24, 2.45) is 5.73 Å². The molecule has 2 atom stereocenters. The topological polar surface area (TPSA) is 163 Å². The molecule has 2 aliphatic rings. The molecule has 0 saturated carbocycles. The minimum absolute atomic E-state index is 0. The third kappa shape index (κ3) is 3.61.